The Kier molecular flexibility index (Phi) is 4.84. The first-order chi connectivity index (χ1) is 8.99. The van der Waals surface area contributed by atoms with Crippen LogP contribution in [0, 0.1) is 0 Å². The number of rotatable bonds is 3. The molecule has 0 saturated carbocycles. The zero-order valence-corrected chi connectivity index (χ0v) is 14.3. The van der Waals surface area contributed by atoms with Crippen LogP contribution in [0.15, 0.2) is 45.3 Å². The first-order valence-corrected chi connectivity index (χ1v) is 7.66. The molecule has 3 N–H and O–H groups in total. The smallest absolute Gasteiger partial charge is 0.106 e. The molecule has 0 aliphatic carbocycles. The van der Waals surface area contributed by atoms with Gasteiger partial charge in [-0.2, -0.15) is 0 Å². The van der Waals surface area contributed by atoms with Crippen LogP contribution in [0.1, 0.15) is 5.56 Å². The van der Waals surface area contributed by atoms with Crippen LogP contribution in [-0.2, 0) is 0 Å². The first kappa shape index (κ1) is 14.8. The van der Waals surface area contributed by atoms with Gasteiger partial charge in [0.15, 0.2) is 0 Å². The minimum absolute atomic E-state index is 0.341. The lowest BCUT2D eigenvalue weighted by Gasteiger charge is -2.13. The fraction of sp³-hybridized carbons (Fsp3) is 0. The van der Waals surface area contributed by atoms with E-state index in [0.717, 1.165) is 25.9 Å². The SMILES string of the molecule is NC(=S)c1ccc(Br)cc1Nc1cccc(Cl)c1Br. The van der Waals surface area contributed by atoms with E-state index in [1.807, 2.05) is 36.4 Å². The molecule has 0 bridgehead atoms. The van der Waals surface area contributed by atoms with Gasteiger partial charge in [-0.05, 0) is 46.3 Å². The Morgan fingerprint density at radius 3 is 2.58 bits per heavy atom. The summed E-state index contributed by atoms with van der Waals surface area (Å²) in [5, 5.41) is 3.91. The van der Waals surface area contributed by atoms with Gasteiger partial charge in [0.2, 0.25) is 0 Å². The van der Waals surface area contributed by atoms with Crippen molar-refractivity contribution in [2.75, 3.05) is 5.32 Å². The highest BCUT2D eigenvalue weighted by atomic mass is 79.9. The quantitative estimate of drug-likeness (QED) is 0.667. The van der Waals surface area contributed by atoms with Crippen LogP contribution in [-0.4, -0.2) is 4.99 Å². The normalized spacial score (nSPS) is 10.3. The second kappa shape index (κ2) is 6.22. The highest BCUT2D eigenvalue weighted by Gasteiger charge is 2.09. The predicted molar refractivity (Wildman–Crippen MR) is 92.5 cm³/mol. The summed E-state index contributed by atoms with van der Waals surface area (Å²) in [6.07, 6.45) is 0. The van der Waals surface area contributed by atoms with E-state index in [0.29, 0.717) is 10.0 Å². The van der Waals surface area contributed by atoms with E-state index in [-0.39, 0.29) is 0 Å². The molecule has 0 aromatic heterocycles. The molecule has 6 heteroatoms. The monoisotopic (exact) mass is 418 g/mol. The lowest BCUT2D eigenvalue weighted by Crippen LogP contribution is -2.12. The van der Waals surface area contributed by atoms with Gasteiger partial charge < -0.3 is 11.1 Å². The van der Waals surface area contributed by atoms with Gasteiger partial charge in [0.05, 0.1) is 15.2 Å². The van der Waals surface area contributed by atoms with Crippen molar-refractivity contribution in [3.63, 3.8) is 0 Å². The fourth-order valence-electron chi connectivity index (χ4n) is 1.58. The molecule has 0 unspecified atom stereocenters. The molecule has 0 spiro atoms. The Bertz CT molecular complexity index is 647. The van der Waals surface area contributed by atoms with Crippen molar-refractivity contribution in [2.45, 2.75) is 0 Å². The Labute approximate surface area is 138 Å². The maximum absolute atomic E-state index is 6.07. The van der Waals surface area contributed by atoms with Crippen LogP contribution in [0.2, 0.25) is 5.02 Å². The van der Waals surface area contributed by atoms with Gasteiger partial charge in [-0.15, -0.1) is 0 Å². The van der Waals surface area contributed by atoms with Gasteiger partial charge in [0.1, 0.15) is 4.99 Å². The number of hydrogen-bond acceptors (Lipinski definition) is 2. The summed E-state index contributed by atoms with van der Waals surface area (Å²) >= 11 is 18.0. The molecule has 0 fully saturated rings. The second-order valence-corrected chi connectivity index (χ2v) is 6.34. The van der Waals surface area contributed by atoms with Gasteiger partial charge in [-0.25, -0.2) is 0 Å². The standard InChI is InChI=1S/C13H9Br2ClN2S/c14-7-4-5-8(13(17)19)11(6-7)18-10-3-1-2-9(16)12(10)15/h1-6,18H,(H2,17,19). The van der Waals surface area contributed by atoms with Crippen LogP contribution >= 0.6 is 55.7 Å². The summed E-state index contributed by atoms with van der Waals surface area (Å²) in [6, 6.07) is 11.3. The van der Waals surface area contributed by atoms with Gasteiger partial charge in [0.25, 0.3) is 0 Å². The van der Waals surface area contributed by atoms with Crippen LogP contribution in [0.5, 0.6) is 0 Å². The fourth-order valence-corrected chi connectivity index (χ4v) is 2.66. The van der Waals surface area contributed by atoms with Crippen molar-refractivity contribution >= 4 is 72.0 Å². The van der Waals surface area contributed by atoms with E-state index in [4.69, 9.17) is 29.6 Å². The molecule has 0 saturated heterocycles. The Morgan fingerprint density at radius 1 is 1.16 bits per heavy atom. The van der Waals surface area contributed by atoms with Gasteiger partial charge in [-0.3, -0.25) is 0 Å². The zero-order chi connectivity index (χ0) is 14.0. The molecule has 0 atom stereocenters. The maximum atomic E-state index is 6.07. The minimum atomic E-state index is 0.341. The summed E-state index contributed by atoms with van der Waals surface area (Å²) in [4.78, 5) is 0.341. The highest BCUT2D eigenvalue weighted by Crippen LogP contribution is 2.33. The van der Waals surface area contributed by atoms with E-state index < -0.39 is 0 Å². The molecule has 0 aliphatic heterocycles. The summed E-state index contributed by atoms with van der Waals surface area (Å²) < 4.78 is 1.73. The average molecular weight is 421 g/mol. The van der Waals surface area contributed by atoms with E-state index in [2.05, 4.69) is 37.2 Å². The number of benzene rings is 2. The van der Waals surface area contributed by atoms with Crippen LogP contribution in [0.3, 0.4) is 0 Å². The van der Waals surface area contributed by atoms with Crippen LogP contribution in [0.25, 0.3) is 0 Å². The number of hydrogen-bond donors (Lipinski definition) is 2. The topological polar surface area (TPSA) is 38.0 Å². The molecule has 19 heavy (non-hydrogen) atoms. The minimum Gasteiger partial charge on any atom is -0.389 e. The predicted octanol–water partition coefficient (Wildman–Crippen LogP) is 5.24. The summed E-state index contributed by atoms with van der Waals surface area (Å²) in [5.74, 6) is 0. The third-order valence-electron chi connectivity index (χ3n) is 2.47. The van der Waals surface area contributed by atoms with Crippen LogP contribution < -0.4 is 11.1 Å². The van der Waals surface area contributed by atoms with E-state index in [1.54, 1.807) is 0 Å². The zero-order valence-electron chi connectivity index (χ0n) is 9.58. The summed E-state index contributed by atoms with van der Waals surface area (Å²) in [7, 11) is 0. The van der Waals surface area contributed by atoms with E-state index in [9.17, 15) is 0 Å². The maximum Gasteiger partial charge on any atom is 0.106 e. The third-order valence-corrected chi connectivity index (χ3v) is 4.58. The Balaban J connectivity index is 2.45. The van der Waals surface area contributed by atoms with Crippen molar-refractivity contribution in [3.05, 3.63) is 55.9 Å². The molecule has 2 aromatic carbocycles. The lowest BCUT2D eigenvalue weighted by atomic mass is 10.1. The van der Waals surface area contributed by atoms with Gasteiger partial charge in [0, 0.05) is 15.7 Å². The molecule has 0 radical (unpaired) electrons. The first-order valence-electron chi connectivity index (χ1n) is 5.29. The molecule has 0 heterocycles. The molecular formula is C13H9Br2ClN2S. The molecule has 2 nitrogen and oxygen atoms in total. The van der Waals surface area contributed by atoms with E-state index >= 15 is 0 Å². The molecule has 2 aromatic rings. The molecule has 98 valence electrons. The summed E-state index contributed by atoms with van der Waals surface area (Å²) in [5.41, 5.74) is 8.18. The van der Waals surface area contributed by atoms with Crippen molar-refractivity contribution in [3.8, 4) is 0 Å². The van der Waals surface area contributed by atoms with Crippen LogP contribution in [0.4, 0.5) is 11.4 Å². The summed E-state index contributed by atoms with van der Waals surface area (Å²) in [6.45, 7) is 0. The van der Waals surface area contributed by atoms with Gasteiger partial charge in [-0.1, -0.05) is 45.8 Å². The van der Waals surface area contributed by atoms with Crippen molar-refractivity contribution < 1.29 is 0 Å². The molecule has 2 rings (SSSR count). The number of thiocarbonyl (C=S) groups is 1. The molecule has 0 amide bonds. The second-order valence-electron chi connectivity index (χ2n) is 3.78. The number of halogens is 3. The molecule has 0 aliphatic rings. The number of nitrogens with two attached hydrogens (primary N) is 1. The van der Waals surface area contributed by atoms with Gasteiger partial charge >= 0.3 is 0 Å². The third kappa shape index (κ3) is 3.48. The number of anilines is 2. The Hall–Kier alpha value is -0.620. The highest BCUT2D eigenvalue weighted by molar-refractivity contribution is 9.11. The Morgan fingerprint density at radius 2 is 1.89 bits per heavy atom. The lowest BCUT2D eigenvalue weighted by molar-refractivity contribution is 1.49. The largest absolute Gasteiger partial charge is 0.389 e. The molecular weight excluding hydrogens is 411 g/mol. The average Bonchev–Trinajstić information content (AvgIpc) is 2.35. The van der Waals surface area contributed by atoms with Crippen molar-refractivity contribution in [1.29, 1.82) is 0 Å². The number of nitrogens with one attached hydrogen (secondary N) is 1. The van der Waals surface area contributed by atoms with Crippen molar-refractivity contribution in [1.82, 2.24) is 0 Å². The van der Waals surface area contributed by atoms with E-state index in [1.165, 1.54) is 0 Å². The van der Waals surface area contributed by atoms with Crippen molar-refractivity contribution in [2.24, 2.45) is 5.73 Å².